The lowest BCUT2D eigenvalue weighted by Gasteiger charge is -2.24. The molecule has 2 aromatic heterocycles. The molecular weight excluding hydrogens is 684 g/mol. The van der Waals surface area contributed by atoms with Crippen molar-refractivity contribution in [3.05, 3.63) is 76.6 Å². The van der Waals surface area contributed by atoms with Crippen LogP contribution in [0.25, 0.3) is 44.9 Å². The predicted octanol–water partition coefficient (Wildman–Crippen LogP) is 6.81. The molecule has 11 nitrogen and oxygen atoms in total. The van der Waals surface area contributed by atoms with Gasteiger partial charge in [0.2, 0.25) is 11.8 Å². The SMILES string of the molecule is COc1nc(-c2cccc(-c3cccc(-c4nc5cc6c(c(OC(F)F)c5o4)CC[C@H]6N4CC[C@@H](C(=O)O)C4)c3C)c2C)cnc1CN1CC[C@@H](O)C1. The zero-order valence-corrected chi connectivity index (χ0v) is 29.8. The number of halogens is 2. The number of aromatic nitrogens is 3. The van der Waals surface area contributed by atoms with Gasteiger partial charge in [-0.3, -0.25) is 19.6 Å². The molecule has 0 spiro atoms. The fourth-order valence-electron chi connectivity index (χ4n) is 8.40. The number of hydrogen-bond donors (Lipinski definition) is 2. The van der Waals surface area contributed by atoms with Crippen molar-refractivity contribution in [1.29, 1.82) is 0 Å². The van der Waals surface area contributed by atoms with Crippen LogP contribution >= 0.6 is 0 Å². The maximum Gasteiger partial charge on any atom is 0.387 e. The molecule has 2 N–H and O–H groups in total. The molecule has 3 aromatic carbocycles. The number of carboxylic acids is 1. The molecule has 0 unspecified atom stereocenters. The predicted molar refractivity (Wildman–Crippen MR) is 193 cm³/mol. The van der Waals surface area contributed by atoms with Crippen molar-refractivity contribution in [2.24, 2.45) is 5.92 Å². The fraction of sp³-hybridized carbons (Fsp3) is 0.400. The highest BCUT2D eigenvalue weighted by Crippen LogP contribution is 2.47. The first-order chi connectivity index (χ1) is 25.6. The molecule has 2 aliphatic heterocycles. The molecular formula is C40H41F2N5O6. The van der Waals surface area contributed by atoms with E-state index in [1.165, 1.54) is 0 Å². The van der Waals surface area contributed by atoms with Crippen LogP contribution in [0.1, 0.15) is 53.3 Å². The van der Waals surface area contributed by atoms with Crippen LogP contribution in [0.4, 0.5) is 8.78 Å². The first-order valence-electron chi connectivity index (χ1n) is 18.0. The van der Waals surface area contributed by atoms with Crippen molar-refractivity contribution < 1.29 is 37.7 Å². The van der Waals surface area contributed by atoms with Gasteiger partial charge in [-0.05, 0) is 86.0 Å². The Hall–Kier alpha value is -4.98. The first kappa shape index (κ1) is 35.1. The maximum absolute atomic E-state index is 13.9. The summed E-state index contributed by atoms with van der Waals surface area (Å²) in [6.07, 6.45) is 3.90. The van der Waals surface area contributed by atoms with Gasteiger partial charge >= 0.3 is 12.6 Å². The van der Waals surface area contributed by atoms with E-state index in [9.17, 15) is 23.8 Å². The summed E-state index contributed by atoms with van der Waals surface area (Å²) in [7, 11) is 1.58. The Morgan fingerprint density at radius 3 is 2.42 bits per heavy atom. The summed E-state index contributed by atoms with van der Waals surface area (Å²) >= 11 is 0. The number of oxazole rings is 1. The lowest BCUT2D eigenvalue weighted by atomic mass is 9.90. The molecule has 1 aliphatic carbocycles. The lowest BCUT2D eigenvalue weighted by Crippen LogP contribution is -2.26. The van der Waals surface area contributed by atoms with Crippen LogP contribution in [0.15, 0.2) is 53.1 Å². The average molecular weight is 726 g/mol. The largest absolute Gasteiger partial charge is 0.481 e. The minimum absolute atomic E-state index is 0.000613. The molecule has 0 saturated carbocycles. The molecule has 3 aliphatic rings. The smallest absolute Gasteiger partial charge is 0.387 e. The second-order valence-electron chi connectivity index (χ2n) is 14.2. The Balaban J connectivity index is 1.14. The quantitative estimate of drug-likeness (QED) is 0.157. The average Bonchev–Trinajstić information content (AvgIpc) is 3.95. The van der Waals surface area contributed by atoms with Crippen molar-refractivity contribution in [2.45, 2.75) is 64.8 Å². The van der Waals surface area contributed by atoms with Gasteiger partial charge < -0.3 is 24.1 Å². The van der Waals surface area contributed by atoms with Gasteiger partial charge in [0, 0.05) is 48.9 Å². The number of likely N-dealkylation sites (tertiary alicyclic amines) is 2. The molecule has 8 rings (SSSR count). The van der Waals surface area contributed by atoms with E-state index in [-0.39, 0.29) is 29.4 Å². The number of aliphatic carboxylic acids is 1. The van der Waals surface area contributed by atoms with Crippen molar-refractivity contribution in [3.63, 3.8) is 0 Å². The standard InChI is InChI=1S/C40H41F2N5O6/c1-21-25(6-4-8-27(21)32-17-43-33(38(45-32)51-3)20-46-14-13-24(48)19-46)26-7-5-9-28(22(26)2)37-44-31-16-30-29(35(36(31)52-37)53-40(41)42)10-11-34(30)47-15-12-23(18-47)39(49)50/h4-9,16-17,23-24,34,40,48H,10-15,18-20H2,1-3H3,(H,49,50)/t23-,24-,34-/m1/s1. The molecule has 53 heavy (non-hydrogen) atoms. The van der Waals surface area contributed by atoms with E-state index in [0.717, 1.165) is 46.3 Å². The minimum Gasteiger partial charge on any atom is -0.481 e. The van der Waals surface area contributed by atoms with Crippen molar-refractivity contribution in [2.75, 3.05) is 33.3 Å². The second kappa shape index (κ2) is 14.1. The van der Waals surface area contributed by atoms with E-state index in [1.54, 1.807) is 13.3 Å². The number of methoxy groups -OCH3 is 1. The third-order valence-electron chi connectivity index (χ3n) is 11.1. The number of ether oxygens (including phenoxy) is 2. The monoisotopic (exact) mass is 725 g/mol. The van der Waals surface area contributed by atoms with Gasteiger partial charge in [-0.25, -0.2) is 9.97 Å². The lowest BCUT2D eigenvalue weighted by molar-refractivity contribution is -0.141. The van der Waals surface area contributed by atoms with Gasteiger partial charge in [-0.15, -0.1) is 0 Å². The Labute approximate surface area is 305 Å². The van der Waals surface area contributed by atoms with Crippen molar-refractivity contribution >= 4 is 17.1 Å². The zero-order chi connectivity index (χ0) is 37.0. The summed E-state index contributed by atoms with van der Waals surface area (Å²) in [5.74, 6) is -0.533. The summed E-state index contributed by atoms with van der Waals surface area (Å²) < 4.78 is 44.8. The van der Waals surface area contributed by atoms with Gasteiger partial charge in [0.1, 0.15) is 11.2 Å². The van der Waals surface area contributed by atoms with E-state index in [1.807, 2.05) is 56.3 Å². The zero-order valence-electron chi connectivity index (χ0n) is 29.8. The summed E-state index contributed by atoms with van der Waals surface area (Å²) in [4.78, 5) is 30.3. The summed E-state index contributed by atoms with van der Waals surface area (Å²) in [6.45, 7) is 3.93. The van der Waals surface area contributed by atoms with E-state index in [0.29, 0.717) is 79.4 Å². The Kier molecular flexibility index (Phi) is 9.33. The summed E-state index contributed by atoms with van der Waals surface area (Å²) in [5.41, 5.74) is 8.87. The van der Waals surface area contributed by atoms with E-state index in [2.05, 4.69) is 9.80 Å². The number of benzene rings is 3. The highest BCUT2D eigenvalue weighted by Gasteiger charge is 2.38. The number of nitrogens with zero attached hydrogens (tertiary/aromatic N) is 5. The Morgan fingerprint density at radius 1 is 1.00 bits per heavy atom. The molecule has 2 fully saturated rings. The number of aliphatic hydroxyl groups is 1. The van der Waals surface area contributed by atoms with Gasteiger partial charge in [-0.2, -0.15) is 8.78 Å². The van der Waals surface area contributed by atoms with Crippen LogP contribution in [0.2, 0.25) is 0 Å². The third kappa shape index (κ3) is 6.51. The topological polar surface area (TPSA) is 134 Å². The van der Waals surface area contributed by atoms with Crippen LogP contribution in [0, 0.1) is 19.8 Å². The summed E-state index contributed by atoms with van der Waals surface area (Å²) in [5, 5.41) is 19.5. The minimum atomic E-state index is -3.05. The molecule has 0 radical (unpaired) electrons. The molecule has 3 atom stereocenters. The van der Waals surface area contributed by atoms with Gasteiger partial charge in [0.15, 0.2) is 11.3 Å². The number of aliphatic hydroxyl groups excluding tert-OH is 1. The first-order valence-corrected chi connectivity index (χ1v) is 18.0. The highest BCUT2D eigenvalue weighted by molar-refractivity contribution is 5.87. The Bertz CT molecular complexity index is 2210. The normalized spacial score (nSPS) is 20.5. The number of rotatable bonds is 10. The van der Waals surface area contributed by atoms with Crippen LogP contribution in [0.5, 0.6) is 11.6 Å². The molecule has 276 valence electrons. The highest BCUT2D eigenvalue weighted by atomic mass is 19.3. The van der Waals surface area contributed by atoms with Crippen LogP contribution < -0.4 is 9.47 Å². The van der Waals surface area contributed by atoms with Crippen LogP contribution in [0.3, 0.4) is 0 Å². The second-order valence-corrected chi connectivity index (χ2v) is 14.2. The molecule has 4 heterocycles. The summed E-state index contributed by atoms with van der Waals surface area (Å²) in [6, 6.07) is 13.6. The van der Waals surface area contributed by atoms with Crippen LogP contribution in [-0.2, 0) is 17.8 Å². The number of β-amino-alcohol motifs (C(OH)–C–C–N with tert-alkyl or cyclic N) is 1. The van der Waals surface area contributed by atoms with Crippen molar-refractivity contribution in [1.82, 2.24) is 24.8 Å². The van der Waals surface area contributed by atoms with E-state index >= 15 is 0 Å². The van der Waals surface area contributed by atoms with E-state index in [4.69, 9.17) is 28.8 Å². The molecule has 5 aromatic rings. The van der Waals surface area contributed by atoms with Gasteiger partial charge in [0.25, 0.3) is 0 Å². The van der Waals surface area contributed by atoms with Gasteiger partial charge in [0.05, 0.1) is 31.0 Å². The molecule has 0 bridgehead atoms. The number of hydrogen-bond acceptors (Lipinski definition) is 10. The Morgan fingerprint density at radius 2 is 1.74 bits per heavy atom. The number of carboxylic acid groups (broad SMARTS) is 1. The number of alkyl halides is 2. The fourth-order valence-corrected chi connectivity index (χ4v) is 8.40. The maximum atomic E-state index is 13.9. The number of fused-ring (bicyclic) bond motifs is 2. The molecule has 2 saturated heterocycles. The number of carbonyl (C=O) groups is 1. The molecule has 0 amide bonds. The molecule has 13 heteroatoms. The van der Waals surface area contributed by atoms with E-state index < -0.39 is 18.5 Å². The van der Waals surface area contributed by atoms with Crippen molar-refractivity contribution in [3.8, 4) is 45.5 Å². The third-order valence-corrected chi connectivity index (χ3v) is 11.1. The van der Waals surface area contributed by atoms with Crippen LogP contribution in [-0.4, -0.2) is 86.9 Å². The van der Waals surface area contributed by atoms with Gasteiger partial charge in [-0.1, -0.05) is 30.3 Å².